The van der Waals surface area contributed by atoms with Gasteiger partial charge in [-0.2, -0.15) is 8.78 Å². The van der Waals surface area contributed by atoms with Crippen molar-refractivity contribution >= 4 is 10.0 Å². The Morgan fingerprint density at radius 2 is 1.78 bits per heavy atom. The molecule has 0 aliphatic rings. The van der Waals surface area contributed by atoms with Crippen molar-refractivity contribution in [1.82, 2.24) is 9.71 Å². The number of rotatable bonds is 6. The molecule has 124 valence electrons. The van der Waals surface area contributed by atoms with Gasteiger partial charge in [0, 0.05) is 18.0 Å². The molecule has 0 spiro atoms. The monoisotopic (exact) mass is 340 g/mol. The molecule has 0 fully saturated rings. The molecule has 7 heteroatoms. The summed E-state index contributed by atoms with van der Waals surface area (Å²) in [6, 6.07) is 9.32. The smallest absolute Gasteiger partial charge is 0.264 e. The minimum absolute atomic E-state index is 0.239. The molecule has 0 aliphatic carbocycles. The van der Waals surface area contributed by atoms with Crippen LogP contribution in [0.25, 0.3) is 11.1 Å². The van der Waals surface area contributed by atoms with Gasteiger partial charge in [0.25, 0.3) is 5.92 Å². The van der Waals surface area contributed by atoms with E-state index in [1.165, 1.54) is 26.0 Å². The van der Waals surface area contributed by atoms with Crippen molar-refractivity contribution in [2.45, 2.75) is 25.0 Å². The molecule has 1 N–H and O–H groups in total. The van der Waals surface area contributed by atoms with E-state index in [2.05, 4.69) is 4.98 Å². The van der Waals surface area contributed by atoms with Gasteiger partial charge < -0.3 is 0 Å². The lowest BCUT2D eigenvalue weighted by molar-refractivity contribution is 0.00207. The third-order valence-electron chi connectivity index (χ3n) is 3.42. The zero-order chi connectivity index (χ0) is 17.1. The molecule has 2 rings (SSSR count). The van der Waals surface area contributed by atoms with Gasteiger partial charge >= 0.3 is 0 Å². The molecular weight excluding hydrogens is 322 g/mol. The molecule has 0 bridgehead atoms. The highest BCUT2D eigenvalue weighted by Crippen LogP contribution is 2.29. The fourth-order valence-electron chi connectivity index (χ4n) is 1.90. The molecular formula is C16H18F2N2O2S. The maximum atomic E-state index is 14.1. The highest BCUT2D eigenvalue weighted by atomic mass is 32.2. The maximum absolute atomic E-state index is 14.1. The largest absolute Gasteiger partial charge is 0.286 e. The third kappa shape index (κ3) is 4.33. The Labute approximate surface area is 134 Å². The van der Waals surface area contributed by atoms with Crippen molar-refractivity contribution in [1.29, 1.82) is 0 Å². The number of nitrogens with one attached hydrogen (secondary N) is 1. The van der Waals surface area contributed by atoms with Crippen molar-refractivity contribution in [3.63, 3.8) is 0 Å². The molecule has 0 aliphatic heterocycles. The molecule has 0 amide bonds. The van der Waals surface area contributed by atoms with Gasteiger partial charge in [-0.25, -0.2) is 13.1 Å². The van der Waals surface area contributed by atoms with Crippen molar-refractivity contribution in [2.24, 2.45) is 0 Å². The van der Waals surface area contributed by atoms with Crippen LogP contribution in [0.5, 0.6) is 0 Å². The lowest BCUT2D eigenvalue weighted by Crippen LogP contribution is -2.38. The van der Waals surface area contributed by atoms with Crippen LogP contribution in [0.1, 0.15) is 19.4 Å². The predicted molar refractivity (Wildman–Crippen MR) is 85.6 cm³/mol. The van der Waals surface area contributed by atoms with E-state index in [9.17, 15) is 17.2 Å². The van der Waals surface area contributed by atoms with E-state index in [-0.39, 0.29) is 5.56 Å². The summed E-state index contributed by atoms with van der Waals surface area (Å²) in [5, 5.41) is -0.758. The summed E-state index contributed by atoms with van der Waals surface area (Å²) < 4.78 is 53.4. The molecule has 1 aromatic heterocycles. The zero-order valence-electron chi connectivity index (χ0n) is 12.8. The van der Waals surface area contributed by atoms with Crippen LogP contribution < -0.4 is 4.72 Å². The second kappa shape index (κ2) is 6.72. The Morgan fingerprint density at radius 1 is 1.13 bits per heavy atom. The highest BCUT2D eigenvalue weighted by molar-refractivity contribution is 7.90. The average Bonchev–Trinajstić information content (AvgIpc) is 2.54. The number of pyridine rings is 1. The van der Waals surface area contributed by atoms with Crippen LogP contribution in [-0.4, -0.2) is 25.2 Å². The molecule has 0 unspecified atom stereocenters. The summed E-state index contributed by atoms with van der Waals surface area (Å²) in [5.74, 6) is -3.28. The Kier molecular flexibility index (Phi) is 5.11. The Balaban J connectivity index is 2.14. The van der Waals surface area contributed by atoms with E-state index in [4.69, 9.17) is 0 Å². The second-order valence-electron chi connectivity index (χ2n) is 5.44. The zero-order valence-corrected chi connectivity index (χ0v) is 13.6. The van der Waals surface area contributed by atoms with E-state index in [1.807, 2.05) is 10.8 Å². The molecule has 4 nitrogen and oxygen atoms in total. The molecule has 23 heavy (non-hydrogen) atoms. The lowest BCUT2D eigenvalue weighted by atomic mass is 10.0. The first-order chi connectivity index (χ1) is 10.7. The Morgan fingerprint density at radius 3 is 2.30 bits per heavy atom. The molecule has 0 atom stereocenters. The minimum Gasteiger partial charge on any atom is -0.264 e. The molecule has 1 heterocycles. The minimum atomic E-state index is -3.73. The van der Waals surface area contributed by atoms with Gasteiger partial charge in [0.15, 0.2) is 0 Å². The van der Waals surface area contributed by atoms with E-state index in [0.717, 1.165) is 11.1 Å². The van der Waals surface area contributed by atoms with E-state index in [0.29, 0.717) is 0 Å². The number of hydrogen-bond acceptors (Lipinski definition) is 3. The number of aromatic nitrogens is 1. The Hall–Kier alpha value is -1.86. The maximum Gasteiger partial charge on any atom is 0.286 e. The summed E-state index contributed by atoms with van der Waals surface area (Å²) in [6.45, 7) is 1.91. The third-order valence-corrected chi connectivity index (χ3v) is 5.21. The Bertz CT molecular complexity index is 745. The van der Waals surface area contributed by atoms with Crippen LogP contribution in [-0.2, 0) is 15.9 Å². The van der Waals surface area contributed by atoms with Gasteiger partial charge in [0.1, 0.15) is 0 Å². The summed E-state index contributed by atoms with van der Waals surface area (Å²) in [6.07, 6.45) is 3.27. The first-order valence-electron chi connectivity index (χ1n) is 7.09. The number of benzene rings is 1. The summed E-state index contributed by atoms with van der Waals surface area (Å²) in [5.41, 5.74) is 1.35. The van der Waals surface area contributed by atoms with Gasteiger partial charge in [-0.05, 0) is 31.0 Å². The van der Waals surface area contributed by atoms with E-state index >= 15 is 0 Å². The van der Waals surface area contributed by atoms with Gasteiger partial charge in [-0.15, -0.1) is 0 Å². The van der Waals surface area contributed by atoms with Gasteiger partial charge in [0.05, 0.1) is 11.8 Å². The van der Waals surface area contributed by atoms with Crippen LogP contribution in [0.15, 0.2) is 48.8 Å². The highest BCUT2D eigenvalue weighted by Gasteiger charge is 2.33. The number of hydrogen-bond donors (Lipinski definition) is 1. The van der Waals surface area contributed by atoms with Crippen LogP contribution in [0.3, 0.4) is 0 Å². The SMILES string of the molecule is CC(C)S(=O)(=O)NCC(F)(F)c1ccc(-c2cccnc2)cc1. The fraction of sp³-hybridized carbons (Fsp3) is 0.312. The second-order valence-corrected chi connectivity index (χ2v) is 7.76. The predicted octanol–water partition coefficient (Wildman–Crippen LogP) is 3.17. The summed E-state index contributed by atoms with van der Waals surface area (Å²) in [4.78, 5) is 3.98. The number of nitrogens with zero attached hydrogens (tertiary/aromatic N) is 1. The first kappa shape index (κ1) is 17.5. The van der Waals surface area contributed by atoms with E-state index < -0.39 is 27.7 Å². The van der Waals surface area contributed by atoms with Crippen LogP contribution in [0, 0.1) is 0 Å². The number of halogens is 2. The normalized spacial score (nSPS) is 12.6. The van der Waals surface area contributed by atoms with Crippen LogP contribution in [0.2, 0.25) is 0 Å². The molecule has 2 aromatic rings. The quantitative estimate of drug-likeness (QED) is 0.879. The van der Waals surface area contributed by atoms with Gasteiger partial charge in [-0.3, -0.25) is 4.98 Å². The van der Waals surface area contributed by atoms with E-state index in [1.54, 1.807) is 30.6 Å². The number of alkyl halides is 2. The van der Waals surface area contributed by atoms with Crippen molar-refractivity contribution < 1.29 is 17.2 Å². The molecule has 0 saturated heterocycles. The molecule has 1 aromatic carbocycles. The average molecular weight is 340 g/mol. The van der Waals surface area contributed by atoms with Gasteiger partial charge in [-0.1, -0.05) is 30.3 Å². The topological polar surface area (TPSA) is 59.1 Å². The fourth-order valence-corrected chi connectivity index (χ4v) is 2.62. The first-order valence-corrected chi connectivity index (χ1v) is 8.64. The van der Waals surface area contributed by atoms with Crippen molar-refractivity contribution in [2.75, 3.05) is 6.54 Å². The standard InChI is InChI=1S/C16H18F2N2O2S/c1-12(2)23(21,22)20-11-16(17,18)15-7-5-13(6-8-15)14-4-3-9-19-10-14/h3-10,12,20H,11H2,1-2H3. The number of sulfonamides is 1. The molecule has 0 radical (unpaired) electrons. The van der Waals surface area contributed by atoms with Crippen LogP contribution in [0.4, 0.5) is 8.78 Å². The van der Waals surface area contributed by atoms with Crippen LogP contribution >= 0.6 is 0 Å². The van der Waals surface area contributed by atoms with Crippen molar-refractivity contribution in [3.05, 3.63) is 54.4 Å². The van der Waals surface area contributed by atoms with Crippen molar-refractivity contribution in [3.8, 4) is 11.1 Å². The summed E-state index contributed by atoms with van der Waals surface area (Å²) in [7, 11) is -3.73. The molecule has 0 saturated carbocycles. The lowest BCUT2D eigenvalue weighted by Gasteiger charge is -2.19. The van der Waals surface area contributed by atoms with Gasteiger partial charge in [0.2, 0.25) is 10.0 Å². The summed E-state index contributed by atoms with van der Waals surface area (Å²) >= 11 is 0.